The molecule has 2 aromatic rings. The Morgan fingerprint density at radius 2 is 2.10 bits per heavy atom. The van der Waals surface area contributed by atoms with E-state index < -0.39 is 5.91 Å². The standard InChI is InChI=1S/C14H12Cl2N2O2/c1-2-20-10-5-3-4-9(8-10)17-14(19)13-11(15)6-7-12(16)18-13/h3-8H,2H2,1H3,(H,17,19). The van der Waals surface area contributed by atoms with Gasteiger partial charge in [0.05, 0.1) is 11.6 Å². The maximum atomic E-state index is 12.1. The van der Waals surface area contributed by atoms with E-state index in [0.717, 1.165) is 0 Å². The maximum absolute atomic E-state index is 12.1. The van der Waals surface area contributed by atoms with Crippen molar-refractivity contribution in [2.45, 2.75) is 6.92 Å². The Morgan fingerprint density at radius 3 is 2.85 bits per heavy atom. The Labute approximate surface area is 126 Å². The smallest absolute Gasteiger partial charge is 0.275 e. The van der Waals surface area contributed by atoms with Gasteiger partial charge in [0.15, 0.2) is 0 Å². The van der Waals surface area contributed by atoms with E-state index in [9.17, 15) is 4.79 Å². The zero-order valence-electron chi connectivity index (χ0n) is 10.7. The van der Waals surface area contributed by atoms with Crippen molar-refractivity contribution in [2.75, 3.05) is 11.9 Å². The molecule has 0 saturated carbocycles. The van der Waals surface area contributed by atoms with Crippen molar-refractivity contribution in [3.05, 3.63) is 52.3 Å². The highest BCUT2D eigenvalue weighted by Gasteiger charge is 2.13. The van der Waals surface area contributed by atoms with Crippen molar-refractivity contribution in [1.82, 2.24) is 4.98 Å². The molecule has 0 unspecified atom stereocenters. The molecule has 104 valence electrons. The number of carbonyl (C=O) groups excluding carboxylic acids is 1. The van der Waals surface area contributed by atoms with Gasteiger partial charge >= 0.3 is 0 Å². The number of rotatable bonds is 4. The van der Waals surface area contributed by atoms with Crippen LogP contribution in [0.5, 0.6) is 5.75 Å². The molecule has 4 nitrogen and oxygen atoms in total. The van der Waals surface area contributed by atoms with Crippen molar-refractivity contribution in [3.8, 4) is 5.75 Å². The number of nitrogens with zero attached hydrogens (tertiary/aromatic N) is 1. The number of amides is 1. The predicted octanol–water partition coefficient (Wildman–Crippen LogP) is 4.04. The van der Waals surface area contributed by atoms with Crippen molar-refractivity contribution in [3.63, 3.8) is 0 Å². The largest absolute Gasteiger partial charge is 0.494 e. The number of pyridine rings is 1. The Balaban J connectivity index is 2.19. The molecule has 0 aliphatic carbocycles. The van der Waals surface area contributed by atoms with Crippen LogP contribution < -0.4 is 10.1 Å². The number of anilines is 1. The highest BCUT2D eigenvalue weighted by molar-refractivity contribution is 6.35. The third-order valence-corrected chi connectivity index (χ3v) is 2.95. The van der Waals surface area contributed by atoms with Gasteiger partial charge in [-0.1, -0.05) is 29.3 Å². The number of carbonyl (C=O) groups is 1. The molecule has 1 heterocycles. The van der Waals surface area contributed by atoms with Crippen LogP contribution in [0, 0.1) is 0 Å². The first-order valence-corrected chi connectivity index (χ1v) is 6.72. The SMILES string of the molecule is CCOc1cccc(NC(=O)c2nc(Cl)ccc2Cl)c1. The van der Waals surface area contributed by atoms with Gasteiger partial charge in [-0.3, -0.25) is 4.79 Å². The minimum absolute atomic E-state index is 0.0842. The summed E-state index contributed by atoms with van der Waals surface area (Å²) in [5, 5.41) is 3.15. The van der Waals surface area contributed by atoms with Gasteiger partial charge in [-0.15, -0.1) is 0 Å². The molecule has 0 spiro atoms. The van der Waals surface area contributed by atoms with E-state index in [-0.39, 0.29) is 15.9 Å². The molecule has 0 bridgehead atoms. The van der Waals surface area contributed by atoms with Gasteiger partial charge in [-0.05, 0) is 31.2 Å². The second-order valence-corrected chi connectivity index (χ2v) is 4.67. The van der Waals surface area contributed by atoms with Gasteiger partial charge in [-0.2, -0.15) is 0 Å². The molecule has 1 amide bonds. The number of aromatic nitrogens is 1. The molecule has 1 aromatic carbocycles. The summed E-state index contributed by atoms with van der Waals surface area (Å²) in [7, 11) is 0. The van der Waals surface area contributed by atoms with Crippen LogP contribution in [0.15, 0.2) is 36.4 Å². The number of halogens is 2. The number of hydrogen-bond acceptors (Lipinski definition) is 3. The minimum Gasteiger partial charge on any atom is -0.494 e. The van der Waals surface area contributed by atoms with Crippen LogP contribution >= 0.6 is 23.2 Å². The summed E-state index contributed by atoms with van der Waals surface area (Å²) in [5.74, 6) is 0.251. The van der Waals surface area contributed by atoms with Crippen LogP contribution in [-0.4, -0.2) is 17.5 Å². The van der Waals surface area contributed by atoms with Crippen molar-refractivity contribution in [2.24, 2.45) is 0 Å². The fraction of sp³-hybridized carbons (Fsp3) is 0.143. The van der Waals surface area contributed by atoms with Crippen molar-refractivity contribution in [1.29, 1.82) is 0 Å². The quantitative estimate of drug-likeness (QED) is 0.867. The summed E-state index contributed by atoms with van der Waals surface area (Å²) in [6, 6.07) is 10.1. The monoisotopic (exact) mass is 310 g/mol. The molecule has 0 radical (unpaired) electrons. The highest BCUT2D eigenvalue weighted by atomic mass is 35.5. The average Bonchev–Trinajstić information content (AvgIpc) is 2.42. The molecule has 2 rings (SSSR count). The maximum Gasteiger partial charge on any atom is 0.275 e. The third kappa shape index (κ3) is 3.62. The van der Waals surface area contributed by atoms with E-state index >= 15 is 0 Å². The molecule has 0 atom stereocenters. The van der Waals surface area contributed by atoms with Gasteiger partial charge < -0.3 is 10.1 Å². The van der Waals surface area contributed by atoms with Crippen molar-refractivity contribution >= 4 is 34.8 Å². The van der Waals surface area contributed by atoms with Gasteiger partial charge in [0.25, 0.3) is 5.91 Å². The van der Waals surface area contributed by atoms with Crippen LogP contribution in [0.25, 0.3) is 0 Å². The lowest BCUT2D eigenvalue weighted by Gasteiger charge is -2.08. The lowest BCUT2D eigenvalue weighted by atomic mass is 10.2. The van der Waals surface area contributed by atoms with E-state index in [2.05, 4.69) is 10.3 Å². The van der Waals surface area contributed by atoms with Crippen molar-refractivity contribution < 1.29 is 9.53 Å². The Hall–Kier alpha value is -1.78. The average molecular weight is 311 g/mol. The summed E-state index contributed by atoms with van der Waals surface area (Å²) < 4.78 is 5.36. The summed E-state index contributed by atoms with van der Waals surface area (Å²) in [5.41, 5.74) is 0.680. The molecule has 20 heavy (non-hydrogen) atoms. The first-order valence-electron chi connectivity index (χ1n) is 5.96. The zero-order valence-corrected chi connectivity index (χ0v) is 12.2. The molecule has 0 aliphatic rings. The number of ether oxygens (including phenoxy) is 1. The predicted molar refractivity (Wildman–Crippen MR) is 79.8 cm³/mol. The molecule has 0 aliphatic heterocycles. The number of benzene rings is 1. The Kier molecular flexibility index (Phi) is 4.82. The summed E-state index contributed by atoms with van der Waals surface area (Å²) in [6.07, 6.45) is 0. The normalized spacial score (nSPS) is 10.2. The Morgan fingerprint density at radius 1 is 1.30 bits per heavy atom. The highest BCUT2D eigenvalue weighted by Crippen LogP contribution is 2.21. The van der Waals surface area contributed by atoms with Gasteiger partial charge in [0.1, 0.15) is 16.6 Å². The minimum atomic E-state index is -0.425. The van der Waals surface area contributed by atoms with Crippen LogP contribution in [0.1, 0.15) is 17.4 Å². The Bertz CT molecular complexity index is 632. The van der Waals surface area contributed by atoms with Crippen LogP contribution in [-0.2, 0) is 0 Å². The summed E-state index contributed by atoms with van der Waals surface area (Å²) >= 11 is 11.7. The lowest BCUT2D eigenvalue weighted by Crippen LogP contribution is -2.14. The van der Waals surface area contributed by atoms with E-state index in [0.29, 0.717) is 18.0 Å². The van der Waals surface area contributed by atoms with Crippen LogP contribution in [0.2, 0.25) is 10.2 Å². The number of hydrogen-bond donors (Lipinski definition) is 1. The fourth-order valence-corrected chi connectivity index (χ4v) is 1.94. The summed E-state index contributed by atoms with van der Waals surface area (Å²) in [4.78, 5) is 16.0. The number of nitrogens with one attached hydrogen (secondary N) is 1. The van der Waals surface area contributed by atoms with Crippen LogP contribution in [0.3, 0.4) is 0 Å². The fourth-order valence-electron chi connectivity index (χ4n) is 1.60. The topological polar surface area (TPSA) is 51.2 Å². The second-order valence-electron chi connectivity index (χ2n) is 3.88. The van der Waals surface area contributed by atoms with Gasteiger partial charge in [0, 0.05) is 11.8 Å². The molecule has 1 N–H and O–H groups in total. The third-order valence-electron chi connectivity index (χ3n) is 2.43. The second kappa shape index (κ2) is 6.59. The molecule has 6 heteroatoms. The van der Waals surface area contributed by atoms with E-state index in [4.69, 9.17) is 27.9 Å². The van der Waals surface area contributed by atoms with E-state index in [1.807, 2.05) is 13.0 Å². The van der Waals surface area contributed by atoms with E-state index in [1.54, 1.807) is 18.2 Å². The first-order chi connectivity index (χ1) is 9.60. The molecule has 1 aromatic heterocycles. The van der Waals surface area contributed by atoms with Crippen LogP contribution in [0.4, 0.5) is 5.69 Å². The van der Waals surface area contributed by atoms with E-state index in [1.165, 1.54) is 12.1 Å². The summed E-state index contributed by atoms with van der Waals surface area (Å²) in [6.45, 7) is 2.44. The molecule has 0 fully saturated rings. The van der Waals surface area contributed by atoms with Gasteiger partial charge in [0.2, 0.25) is 0 Å². The van der Waals surface area contributed by atoms with Gasteiger partial charge in [-0.25, -0.2) is 4.98 Å². The lowest BCUT2D eigenvalue weighted by molar-refractivity contribution is 0.102. The molecule has 0 saturated heterocycles. The zero-order chi connectivity index (χ0) is 14.5. The first kappa shape index (κ1) is 14.6. The molecular weight excluding hydrogens is 299 g/mol. The molecular formula is C14H12Cl2N2O2.